The SMILES string of the molecule is CCNC(=NCCS(=O)(=O)CC)N1CCN(c2cnn(C)c2)C(=O)C1. The van der Waals surface area contributed by atoms with Gasteiger partial charge < -0.3 is 15.1 Å². The van der Waals surface area contributed by atoms with Crippen LogP contribution in [0, 0.1) is 0 Å². The number of aliphatic imine (C=N–C) groups is 1. The van der Waals surface area contributed by atoms with E-state index in [4.69, 9.17) is 0 Å². The molecule has 0 atom stereocenters. The van der Waals surface area contributed by atoms with Gasteiger partial charge in [0.25, 0.3) is 0 Å². The van der Waals surface area contributed by atoms with Crippen molar-refractivity contribution in [3.8, 4) is 0 Å². The second-order valence-corrected chi connectivity index (χ2v) is 8.28. The molecule has 9 nitrogen and oxygen atoms in total. The van der Waals surface area contributed by atoms with Crippen LogP contribution in [0.2, 0.25) is 0 Å². The molecule has 1 fully saturated rings. The van der Waals surface area contributed by atoms with Crippen LogP contribution in [0.5, 0.6) is 0 Å². The first kappa shape index (κ1) is 19.2. The van der Waals surface area contributed by atoms with E-state index < -0.39 is 9.84 Å². The molecule has 140 valence electrons. The summed E-state index contributed by atoms with van der Waals surface area (Å²) >= 11 is 0. The zero-order valence-electron chi connectivity index (χ0n) is 15.0. The second-order valence-electron chi connectivity index (χ2n) is 5.81. The van der Waals surface area contributed by atoms with Crippen molar-refractivity contribution in [1.82, 2.24) is 20.0 Å². The lowest BCUT2D eigenvalue weighted by atomic mass is 10.3. The standard InChI is InChI=1S/C15H26N6O3S/c1-4-16-15(17-6-9-25(23,24)5-2)20-7-8-21(14(22)12-20)13-10-18-19(3)11-13/h10-11H,4-9,12H2,1-3H3,(H,16,17). The average molecular weight is 370 g/mol. The largest absolute Gasteiger partial charge is 0.357 e. The number of aryl methyl sites for hydroxylation is 1. The number of carbonyl (C=O) groups excluding carboxylic acids is 1. The summed E-state index contributed by atoms with van der Waals surface area (Å²) < 4.78 is 24.9. The van der Waals surface area contributed by atoms with Gasteiger partial charge in [0.05, 0.1) is 24.2 Å². The highest BCUT2D eigenvalue weighted by molar-refractivity contribution is 7.91. The van der Waals surface area contributed by atoms with Crippen LogP contribution < -0.4 is 10.2 Å². The molecule has 1 aromatic rings. The van der Waals surface area contributed by atoms with Crippen LogP contribution in [0.4, 0.5) is 5.69 Å². The Kier molecular flexibility index (Phi) is 6.40. The minimum Gasteiger partial charge on any atom is -0.357 e. The fourth-order valence-corrected chi connectivity index (χ4v) is 3.19. The quantitative estimate of drug-likeness (QED) is 0.534. The number of rotatable bonds is 6. The molecule has 0 aliphatic carbocycles. The van der Waals surface area contributed by atoms with Crippen molar-refractivity contribution >= 4 is 27.4 Å². The van der Waals surface area contributed by atoms with E-state index in [1.165, 1.54) is 0 Å². The lowest BCUT2D eigenvalue weighted by Gasteiger charge is -2.35. The maximum atomic E-state index is 12.5. The number of nitrogens with zero attached hydrogens (tertiary/aromatic N) is 5. The molecule has 25 heavy (non-hydrogen) atoms. The molecule has 1 N–H and O–H groups in total. The van der Waals surface area contributed by atoms with Crippen LogP contribution >= 0.6 is 0 Å². The highest BCUT2D eigenvalue weighted by Gasteiger charge is 2.27. The topological polar surface area (TPSA) is 99.9 Å². The molecule has 2 heterocycles. The van der Waals surface area contributed by atoms with E-state index in [0.717, 1.165) is 5.69 Å². The Morgan fingerprint density at radius 2 is 2.12 bits per heavy atom. The van der Waals surface area contributed by atoms with Gasteiger partial charge in [0.2, 0.25) is 5.91 Å². The predicted octanol–water partition coefficient (Wildman–Crippen LogP) is -0.531. The number of sulfone groups is 1. The number of hydrogen-bond acceptors (Lipinski definition) is 5. The van der Waals surface area contributed by atoms with Gasteiger partial charge in [0, 0.05) is 38.6 Å². The summed E-state index contributed by atoms with van der Waals surface area (Å²) in [5.41, 5.74) is 0.781. The van der Waals surface area contributed by atoms with Crippen molar-refractivity contribution in [3.05, 3.63) is 12.4 Å². The number of nitrogens with one attached hydrogen (secondary N) is 1. The molecular weight excluding hydrogens is 344 g/mol. The lowest BCUT2D eigenvalue weighted by Crippen LogP contribution is -2.55. The highest BCUT2D eigenvalue weighted by Crippen LogP contribution is 2.16. The predicted molar refractivity (Wildman–Crippen MR) is 97.4 cm³/mol. The minimum atomic E-state index is -3.05. The number of guanidine groups is 1. The second kappa shape index (κ2) is 8.32. The van der Waals surface area contributed by atoms with Gasteiger partial charge in [-0.15, -0.1) is 0 Å². The first-order chi connectivity index (χ1) is 11.9. The Labute approximate surface area is 148 Å². The van der Waals surface area contributed by atoms with E-state index in [0.29, 0.717) is 25.6 Å². The molecular formula is C15H26N6O3S. The number of carbonyl (C=O) groups is 1. The molecule has 1 saturated heterocycles. The van der Waals surface area contributed by atoms with Gasteiger partial charge in [-0.2, -0.15) is 5.10 Å². The van der Waals surface area contributed by atoms with Crippen molar-refractivity contribution in [2.75, 3.05) is 49.1 Å². The van der Waals surface area contributed by atoms with Gasteiger partial charge in [0.1, 0.15) is 6.54 Å². The van der Waals surface area contributed by atoms with Crippen molar-refractivity contribution < 1.29 is 13.2 Å². The van der Waals surface area contributed by atoms with Gasteiger partial charge in [-0.3, -0.25) is 14.5 Å². The van der Waals surface area contributed by atoms with Gasteiger partial charge in [-0.1, -0.05) is 6.92 Å². The number of hydrogen-bond donors (Lipinski definition) is 1. The summed E-state index contributed by atoms with van der Waals surface area (Å²) in [6, 6.07) is 0. The minimum absolute atomic E-state index is 0.0159. The number of amides is 1. The van der Waals surface area contributed by atoms with Gasteiger partial charge >= 0.3 is 0 Å². The van der Waals surface area contributed by atoms with E-state index in [1.807, 2.05) is 25.1 Å². The Hall–Kier alpha value is -2.10. The summed E-state index contributed by atoms with van der Waals surface area (Å²) in [6.45, 7) is 5.74. The summed E-state index contributed by atoms with van der Waals surface area (Å²) in [5.74, 6) is 0.669. The van der Waals surface area contributed by atoms with Gasteiger partial charge in [-0.25, -0.2) is 8.42 Å². The van der Waals surface area contributed by atoms with E-state index >= 15 is 0 Å². The maximum absolute atomic E-state index is 12.5. The molecule has 0 spiro atoms. The molecule has 0 unspecified atom stereocenters. The van der Waals surface area contributed by atoms with E-state index in [1.54, 1.807) is 22.7 Å². The molecule has 0 saturated carbocycles. The van der Waals surface area contributed by atoms with Crippen LogP contribution in [-0.4, -0.2) is 79.2 Å². The average Bonchev–Trinajstić information content (AvgIpc) is 3.00. The summed E-state index contributed by atoms with van der Waals surface area (Å²) in [7, 11) is -1.24. The van der Waals surface area contributed by atoms with Crippen LogP contribution in [0.1, 0.15) is 13.8 Å². The molecule has 0 bridgehead atoms. The van der Waals surface area contributed by atoms with Crippen molar-refractivity contribution in [2.24, 2.45) is 12.0 Å². The first-order valence-electron chi connectivity index (χ1n) is 8.39. The first-order valence-corrected chi connectivity index (χ1v) is 10.2. The molecule has 1 aliphatic heterocycles. The van der Waals surface area contributed by atoms with Crippen molar-refractivity contribution in [2.45, 2.75) is 13.8 Å². The third kappa shape index (κ3) is 5.18. The van der Waals surface area contributed by atoms with Gasteiger partial charge in [-0.05, 0) is 6.92 Å². The monoisotopic (exact) mass is 370 g/mol. The summed E-state index contributed by atoms with van der Waals surface area (Å²) in [5, 5.41) is 7.23. The van der Waals surface area contributed by atoms with E-state index in [2.05, 4.69) is 15.4 Å². The normalized spacial score (nSPS) is 16.4. The Morgan fingerprint density at radius 3 is 2.68 bits per heavy atom. The van der Waals surface area contributed by atoms with Crippen LogP contribution in [0.3, 0.4) is 0 Å². The van der Waals surface area contributed by atoms with Crippen molar-refractivity contribution in [1.29, 1.82) is 0 Å². The molecule has 2 rings (SSSR count). The molecule has 10 heteroatoms. The lowest BCUT2D eigenvalue weighted by molar-refractivity contribution is -0.120. The number of anilines is 1. The van der Waals surface area contributed by atoms with Crippen molar-refractivity contribution in [3.63, 3.8) is 0 Å². The summed E-state index contributed by atoms with van der Waals surface area (Å²) in [6.07, 6.45) is 3.48. The third-order valence-electron chi connectivity index (χ3n) is 3.96. The molecule has 1 amide bonds. The third-order valence-corrected chi connectivity index (χ3v) is 5.65. The molecule has 0 radical (unpaired) electrons. The van der Waals surface area contributed by atoms with E-state index in [-0.39, 0.29) is 30.5 Å². The Bertz CT molecular complexity index is 727. The Morgan fingerprint density at radius 1 is 1.36 bits per heavy atom. The molecule has 1 aromatic heterocycles. The Balaban J connectivity index is 2.02. The molecule has 0 aromatic carbocycles. The fourth-order valence-electron chi connectivity index (χ4n) is 2.54. The molecule has 1 aliphatic rings. The van der Waals surface area contributed by atoms with Gasteiger partial charge in [0.15, 0.2) is 15.8 Å². The van der Waals surface area contributed by atoms with Crippen LogP contribution in [-0.2, 0) is 21.7 Å². The van der Waals surface area contributed by atoms with Crippen LogP contribution in [0.25, 0.3) is 0 Å². The fraction of sp³-hybridized carbons (Fsp3) is 0.667. The number of aromatic nitrogens is 2. The zero-order valence-corrected chi connectivity index (χ0v) is 15.8. The smallest absolute Gasteiger partial charge is 0.246 e. The van der Waals surface area contributed by atoms with E-state index in [9.17, 15) is 13.2 Å². The number of piperazine rings is 1. The highest BCUT2D eigenvalue weighted by atomic mass is 32.2. The zero-order chi connectivity index (χ0) is 18.4. The van der Waals surface area contributed by atoms with Crippen LogP contribution in [0.15, 0.2) is 17.4 Å². The summed E-state index contributed by atoms with van der Waals surface area (Å²) in [4.78, 5) is 20.4. The maximum Gasteiger partial charge on any atom is 0.246 e.